The third-order valence-electron chi connectivity index (χ3n) is 5.55. The largest absolute Gasteiger partial charge is 0.480 e. The molecule has 0 aliphatic heterocycles. The Morgan fingerprint density at radius 2 is 1.63 bits per heavy atom. The molecule has 19 heavy (non-hydrogen) atoms. The lowest BCUT2D eigenvalue weighted by Crippen LogP contribution is -2.53. The molecule has 4 rings (SSSR count). The average Bonchev–Trinajstić information content (AvgIpc) is 2.34. The molecular weight excluding hydrogens is 242 g/mol. The van der Waals surface area contributed by atoms with Crippen molar-refractivity contribution in [2.75, 3.05) is 0 Å². The molecule has 0 radical (unpaired) electrons. The van der Waals surface area contributed by atoms with Crippen LogP contribution < -0.4 is 5.32 Å². The maximum atomic E-state index is 12.4. The summed E-state index contributed by atoms with van der Waals surface area (Å²) in [6, 6.07) is -0.718. The standard InChI is InChI=1S/C15H23NO3/c1-2-12(15(18)19)16-14(17)13-10-4-8-3-9(6-10)7-11(13)5-8/h8-13H,2-7H2,1H3,(H,16,17)(H,18,19). The summed E-state index contributed by atoms with van der Waals surface area (Å²) < 4.78 is 0. The van der Waals surface area contributed by atoms with Crippen LogP contribution in [0.15, 0.2) is 0 Å². The molecule has 1 amide bonds. The zero-order chi connectivity index (χ0) is 13.6. The Balaban J connectivity index is 1.68. The Kier molecular flexibility index (Phi) is 3.27. The monoisotopic (exact) mass is 265 g/mol. The molecule has 4 fully saturated rings. The summed E-state index contributed by atoms with van der Waals surface area (Å²) in [7, 11) is 0. The Hall–Kier alpha value is -1.06. The number of nitrogens with one attached hydrogen (secondary N) is 1. The van der Waals surface area contributed by atoms with Crippen LogP contribution in [0, 0.1) is 29.6 Å². The van der Waals surface area contributed by atoms with E-state index in [-0.39, 0.29) is 11.8 Å². The highest BCUT2D eigenvalue weighted by molar-refractivity contribution is 5.85. The fourth-order valence-corrected chi connectivity index (χ4v) is 4.96. The molecule has 4 nitrogen and oxygen atoms in total. The Morgan fingerprint density at radius 1 is 1.11 bits per heavy atom. The molecule has 0 aromatic carbocycles. The highest BCUT2D eigenvalue weighted by atomic mass is 16.4. The fourth-order valence-electron chi connectivity index (χ4n) is 4.96. The third-order valence-corrected chi connectivity index (χ3v) is 5.55. The van der Waals surface area contributed by atoms with Gasteiger partial charge in [-0.25, -0.2) is 4.79 Å². The molecule has 4 aliphatic rings. The number of carbonyl (C=O) groups excluding carboxylic acids is 1. The number of hydrogen-bond acceptors (Lipinski definition) is 2. The molecule has 0 aromatic heterocycles. The van der Waals surface area contributed by atoms with Crippen molar-refractivity contribution in [2.45, 2.75) is 51.5 Å². The van der Waals surface area contributed by atoms with Gasteiger partial charge in [0, 0.05) is 5.92 Å². The van der Waals surface area contributed by atoms with Gasteiger partial charge < -0.3 is 10.4 Å². The highest BCUT2D eigenvalue weighted by Gasteiger charge is 2.50. The van der Waals surface area contributed by atoms with Crippen molar-refractivity contribution in [3.8, 4) is 0 Å². The van der Waals surface area contributed by atoms with Gasteiger partial charge in [0.2, 0.25) is 5.91 Å². The van der Waals surface area contributed by atoms with Gasteiger partial charge in [-0.3, -0.25) is 4.79 Å². The normalized spacial score (nSPS) is 41.0. The molecule has 0 spiro atoms. The molecule has 4 aliphatic carbocycles. The smallest absolute Gasteiger partial charge is 0.326 e. The predicted molar refractivity (Wildman–Crippen MR) is 70.4 cm³/mol. The van der Waals surface area contributed by atoms with Gasteiger partial charge >= 0.3 is 5.97 Å². The molecule has 0 aromatic rings. The first kappa shape index (κ1) is 12.9. The maximum Gasteiger partial charge on any atom is 0.326 e. The first-order chi connectivity index (χ1) is 9.08. The maximum absolute atomic E-state index is 12.4. The lowest BCUT2D eigenvalue weighted by molar-refractivity contribution is -0.146. The van der Waals surface area contributed by atoms with Crippen LogP contribution in [0.25, 0.3) is 0 Å². The summed E-state index contributed by atoms with van der Waals surface area (Å²) in [5, 5.41) is 11.8. The van der Waals surface area contributed by atoms with Gasteiger partial charge in [-0.15, -0.1) is 0 Å². The number of rotatable bonds is 4. The van der Waals surface area contributed by atoms with Crippen LogP contribution in [-0.4, -0.2) is 23.0 Å². The minimum Gasteiger partial charge on any atom is -0.480 e. The molecule has 4 bridgehead atoms. The van der Waals surface area contributed by atoms with E-state index < -0.39 is 12.0 Å². The fraction of sp³-hybridized carbons (Fsp3) is 0.867. The molecule has 0 heterocycles. The number of carboxylic acids is 1. The van der Waals surface area contributed by atoms with Crippen LogP contribution in [0.1, 0.15) is 45.4 Å². The Labute approximate surface area is 113 Å². The SMILES string of the molecule is CCC(NC(=O)C1C2CC3CC(C2)CC1C3)C(=O)O. The van der Waals surface area contributed by atoms with Crippen molar-refractivity contribution in [2.24, 2.45) is 29.6 Å². The van der Waals surface area contributed by atoms with Crippen LogP contribution in [-0.2, 0) is 9.59 Å². The molecule has 2 N–H and O–H groups in total. The summed E-state index contributed by atoms with van der Waals surface area (Å²) >= 11 is 0. The second-order valence-electron chi connectivity index (χ2n) is 6.76. The molecular formula is C15H23NO3. The van der Waals surface area contributed by atoms with Gasteiger partial charge in [0.05, 0.1) is 0 Å². The summed E-state index contributed by atoms with van der Waals surface area (Å²) in [5.74, 6) is 1.88. The van der Waals surface area contributed by atoms with Crippen molar-refractivity contribution < 1.29 is 14.7 Å². The molecule has 4 saturated carbocycles. The van der Waals surface area contributed by atoms with E-state index in [2.05, 4.69) is 5.32 Å². The van der Waals surface area contributed by atoms with E-state index in [1.807, 2.05) is 0 Å². The average molecular weight is 265 g/mol. The molecule has 4 heteroatoms. The van der Waals surface area contributed by atoms with E-state index in [0.29, 0.717) is 18.3 Å². The first-order valence-corrected chi connectivity index (χ1v) is 7.61. The van der Waals surface area contributed by atoms with Crippen LogP contribution in [0.4, 0.5) is 0 Å². The van der Waals surface area contributed by atoms with E-state index in [4.69, 9.17) is 5.11 Å². The van der Waals surface area contributed by atoms with Crippen molar-refractivity contribution in [1.82, 2.24) is 5.32 Å². The Morgan fingerprint density at radius 3 is 2.05 bits per heavy atom. The van der Waals surface area contributed by atoms with Gasteiger partial charge in [0.1, 0.15) is 6.04 Å². The number of amides is 1. The number of aliphatic carboxylic acids is 1. The van der Waals surface area contributed by atoms with E-state index >= 15 is 0 Å². The number of hydrogen-bond donors (Lipinski definition) is 2. The minimum atomic E-state index is -0.917. The number of carboxylic acid groups (broad SMARTS) is 1. The zero-order valence-corrected chi connectivity index (χ0v) is 11.5. The second-order valence-corrected chi connectivity index (χ2v) is 6.76. The van der Waals surface area contributed by atoms with Crippen molar-refractivity contribution in [3.05, 3.63) is 0 Å². The zero-order valence-electron chi connectivity index (χ0n) is 11.5. The lowest BCUT2D eigenvalue weighted by Gasteiger charge is -2.53. The summed E-state index contributed by atoms with van der Waals surface area (Å²) in [6.07, 6.45) is 6.58. The molecule has 1 unspecified atom stereocenters. The Bertz CT molecular complexity index is 365. The van der Waals surface area contributed by atoms with Crippen LogP contribution in [0.2, 0.25) is 0 Å². The molecule has 1 atom stereocenters. The first-order valence-electron chi connectivity index (χ1n) is 7.61. The van der Waals surface area contributed by atoms with Crippen LogP contribution in [0.5, 0.6) is 0 Å². The van der Waals surface area contributed by atoms with Crippen molar-refractivity contribution in [3.63, 3.8) is 0 Å². The van der Waals surface area contributed by atoms with Gasteiger partial charge in [0.15, 0.2) is 0 Å². The van der Waals surface area contributed by atoms with Crippen molar-refractivity contribution >= 4 is 11.9 Å². The topological polar surface area (TPSA) is 66.4 Å². The van der Waals surface area contributed by atoms with E-state index in [1.54, 1.807) is 6.92 Å². The van der Waals surface area contributed by atoms with Crippen LogP contribution >= 0.6 is 0 Å². The number of carbonyl (C=O) groups is 2. The second kappa shape index (κ2) is 4.80. The van der Waals surface area contributed by atoms with Gasteiger partial charge in [-0.05, 0) is 62.2 Å². The highest BCUT2D eigenvalue weighted by Crippen LogP contribution is 2.56. The van der Waals surface area contributed by atoms with Crippen LogP contribution in [0.3, 0.4) is 0 Å². The van der Waals surface area contributed by atoms with Gasteiger partial charge in [-0.1, -0.05) is 6.92 Å². The van der Waals surface area contributed by atoms with E-state index in [9.17, 15) is 9.59 Å². The lowest BCUT2D eigenvalue weighted by atomic mass is 9.51. The van der Waals surface area contributed by atoms with E-state index in [0.717, 1.165) is 11.8 Å². The summed E-state index contributed by atoms with van der Waals surface area (Å²) in [4.78, 5) is 23.5. The minimum absolute atomic E-state index is 0.00282. The van der Waals surface area contributed by atoms with Crippen molar-refractivity contribution in [1.29, 1.82) is 0 Å². The summed E-state index contributed by atoms with van der Waals surface area (Å²) in [6.45, 7) is 1.80. The van der Waals surface area contributed by atoms with E-state index in [1.165, 1.54) is 32.1 Å². The van der Waals surface area contributed by atoms with Gasteiger partial charge in [0.25, 0.3) is 0 Å². The predicted octanol–water partition coefficient (Wildman–Crippen LogP) is 2.04. The third kappa shape index (κ3) is 2.26. The summed E-state index contributed by atoms with van der Waals surface area (Å²) in [5.41, 5.74) is 0. The van der Waals surface area contributed by atoms with Gasteiger partial charge in [-0.2, -0.15) is 0 Å². The molecule has 0 saturated heterocycles. The molecule has 106 valence electrons. The quantitative estimate of drug-likeness (QED) is 0.817.